The van der Waals surface area contributed by atoms with E-state index in [0.29, 0.717) is 0 Å². The van der Waals surface area contributed by atoms with E-state index in [4.69, 9.17) is 9.47 Å². The predicted octanol–water partition coefficient (Wildman–Crippen LogP) is 3.56. The van der Waals surface area contributed by atoms with Gasteiger partial charge >= 0.3 is 12.1 Å². The van der Waals surface area contributed by atoms with Crippen molar-refractivity contribution < 1.29 is 19.1 Å². The third-order valence-corrected chi connectivity index (χ3v) is 3.17. The summed E-state index contributed by atoms with van der Waals surface area (Å²) in [5, 5.41) is 2.40. The summed E-state index contributed by atoms with van der Waals surface area (Å²) in [7, 11) is 0. The van der Waals surface area contributed by atoms with Crippen LogP contribution in [0.5, 0.6) is 0 Å². The highest BCUT2D eigenvalue weighted by atomic mass is 16.6. The van der Waals surface area contributed by atoms with Gasteiger partial charge in [-0.15, -0.1) is 0 Å². The maximum absolute atomic E-state index is 12.0. The molecule has 0 atom stereocenters. The maximum Gasteiger partial charge on any atom is 0.412 e. The molecule has 0 spiro atoms. The standard InChI is InChI=1S/C19H19NO4/c1-2-17(18(21)23-13-15-9-5-3-6-10-15)20-19(22)24-14-16-11-7-4-8-12-16/h2-12H,13-14H2,1H3,(H,20,22)/b17-2+. The van der Waals surface area contributed by atoms with E-state index in [1.54, 1.807) is 6.92 Å². The Labute approximate surface area is 140 Å². The first kappa shape index (κ1) is 17.3. The van der Waals surface area contributed by atoms with Crippen molar-refractivity contribution in [1.82, 2.24) is 5.32 Å². The molecule has 0 saturated heterocycles. The van der Waals surface area contributed by atoms with Gasteiger partial charge in [0.25, 0.3) is 0 Å². The number of ether oxygens (including phenoxy) is 2. The molecule has 1 N–H and O–H groups in total. The van der Waals surface area contributed by atoms with Crippen LogP contribution in [0, 0.1) is 0 Å². The Kier molecular flexibility index (Phi) is 6.58. The largest absolute Gasteiger partial charge is 0.456 e. The van der Waals surface area contributed by atoms with Crippen LogP contribution < -0.4 is 5.32 Å². The van der Waals surface area contributed by atoms with Crippen LogP contribution in [-0.4, -0.2) is 12.1 Å². The molecule has 1 amide bonds. The lowest BCUT2D eigenvalue weighted by Crippen LogP contribution is -2.29. The first-order chi connectivity index (χ1) is 11.7. The van der Waals surface area contributed by atoms with E-state index in [-0.39, 0.29) is 18.9 Å². The van der Waals surface area contributed by atoms with Gasteiger partial charge in [-0.2, -0.15) is 0 Å². The van der Waals surface area contributed by atoms with Crippen molar-refractivity contribution in [2.45, 2.75) is 20.1 Å². The Bertz CT molecular complexity index is 696. The number of benzene rings is 2. The molecule has 2 aromatic carbocycles. The number of carbonyl (C=O) groups is 2. The fraction of sp³-hybridized carbons (Fsp3) is 0.158. The van der Waals surface area contributed by atoms with E-state index in [2.05, 4.69) is 5.32 Å². The zero-order valence-electron chi connectivity index (χ0n) is 13.4. The minimum Gasteiger partial charge on any atom is -0.456 e. The quantitative estimate of drug-likeness (QED) is 0.651. The number of rotatable bonds is 6. The van der Waals surface area contributed by atoms with Crippen molar-refractivity contribution in [1.29, 1.82) is 0 Å². The summed E-state index contributed by atoms with van der Waals surface area (Å²) in [6, 6.07) is 18.6. The second kappa shape index (κ2) is 9.15. The molecule has 124 valence electrons. The molecule has 0 aliphatic carbocycles. The highest BCUT2D eigenvalue weighted by Crippen LogP contribution is 2.05. The van der Waals surface area contributed by atoms with E-state index in [9.17, 15) is 9.59 Å². The molecule has 0 aromatic heterocycles. The summed E-state index contributed by atoms with van der Waals surface area (Å²) in [4.78, 5) is 23.8. The van der Waals surface area contributed by atoms with Gasteiger partial charge < -0.3 is 9.47 Å². The van der Waals surface area contributed by atoms with Gasteiger partial charge in [-0.3, -0.25) is 5.32 Å². The van der Waals surface area contributed by atoms with Crippen LogP contribution in [-0.2, 0) is 27.5 Å². The van der Waals surface area contributed by atoms with Crippen molar-refractivity contribution in [2.24, 2.45) is 0 Å². The number of amides is 1. The molecule has 0 unspecified atom stereocenters. The van der Waals surface area contributed by atoms with Crippen LogP contribution in [0.1, 0.15) is 18.1 Å². The van der Waals surface area contributed by atoms with Gasteiger partial charge in [0.15, 0.2) is 0 Å². The minimum atomic E-state index is -0.705. The second-order valence-electron chi connectivity index (χ2n) is 4.95. The van der Waals surface area contributed by atoms with E-state index >= 15 is 0 Å². The Balaban J connectivity index is 1.80. The average Bonchev–Trinajstić information content (AvgIpc) is 2.64. The Hall–Kier alpha value is -3.08. The first-order valence-electron chi connectivity index (χ1n) is 7.54. The molecule has 2 aromatic rings. The van der Waals surface area contributed by atoms with Gasteiger partial charge in [0, 0.05) is 0 Å². The number of allylic oxidation sites excluding steroid dienone is 1. The molecule has 0 bridgehead atoms. The van der Waals surface area contributed by atoms with Crippen LogP contribution in [0.4, 0.5) is 4.79 Å². The van der Waals surface area contributed by atoms with Crippen LogP contribution in [0.3, 0.4) is 0 Å². The van der Waals surface area contributed by atoms with Crippen molar-refractivity contribution in [3.05, 3.63) is 83.6 Å². The molecule has 0 aliphatic rings. The number of carbonyl (C=O) groups excluding carboxylic acids is 2. The second-order valence-corrected chi connectivity index (χ2v) is 4.95. The number of hydrogen-bond donors (Lipinski definition) is 1. The Morgan fingerprint density at radius 1 is 0.875 bits per heavy atom. The van der Waals surface area contributed by atoms with Gasteiger partial charge in [0.05, 0.1) is 0 Å². The highest BCUT2D eigenvalue weighted by molar-refractivity contribution is 5.92. The van der Waals surface area contributed by atoms with Crippen molar-refractivity contribution in [2.75, 3.05) is 0 Å². The summed E-state index contributed by atoms with van der Waals surface area (Å²) < 4.78 is 10.2. The lowest BCUT2D eigenvalue weighted by Gasteiger charge is -2.10. The summed E-state index contributed by atoms with van der Waals surface area (Å²) in [6.45, 7) is 1.90. The molecule has 0 saturated carbocycles. The van der Waals surface area contributed by atoms with Gasteiger partial charge in [0.2, 0.25) is 0 Å². The van der Waals surface area contributed by atoms with E-state index in [1.807, 2.05) is 60.7 Å². The van der Waals surface area contributed by atoms with Crippen molar-refractivity contribution >= 4 is 12.1 Å². The van der Waals surface area contributed by atoms with Crippen molar-refractivity contribution in [3.8, 4) is 0 Å². The zero-order valence-corrected chi connectivity index (χ0v) is 13.4. The highest BCUT2D eigenvalue weighted by Gasteiger charge is 2.14. The molecule has 24 heavy (non-hydrogen) atoms. The fourth-order valence-corrected chi connectivity index (χ4v) is 1.91. The summed E-state index contributed by atoms with van der Waals surface area (Å²) >= 11 is 0. The molecule has 0 heterocycles. The summed E-state index contributed by atoms with van der Waals surface area (Å²) in [5.74, 6) is -0.613. The normalized spacial score (nSPS) is 10.8. The number of nitrogens with one attached hydrogen (secondary N) is 1. The smallest absolute Gasteiger partial charge is 0.412 e. The van der Waals surface area contributed by atoms with Gasteiger partial charge in [-0.05, 0) is 18.1 Å². The third-order valence-electron chi connectivity index (χ3n) is 3.17. The lowest BCUT2D eigenvalue weighted by molar-refractivity contribution is -0.140. The van der Waals surface area contributed by atoms with Crippen LogP contribution in [0.15, 0.2) is 72.4 Å². The van der Waals surface area contributed by atoms with E-state index in [0.717, 1.165) is 11.1 Å². The van der Waals surface area contributed by atoms with E-state index in [1.165, 1.54) is 6.08 Å². The number of esters is 1. The monoisotopic (exact) mass is 325 g/mol. The lowest BCUT2D eigenvalue weighted by atomic mass is 10.2. The summed E-state index contributed by atoms with van der Waals surface area (Å²) in [5.41, 5.74) is 1.78. The van der Waals surface area contributed by atoms with Gasteiger partial charge in [0.1, 0.15) is 18.9 Å². The van der Waals surface area contributed by atoms with E-state index < -0.39 is 12.1 Å². The maximum atomic E-state index is 12.0. The van der Waals surface area contributed by atoms with Crippen LogP contribution >= 0.6 is 0 Å². The van der Waals surface area contributed by atoms with Crippen LogP contribution in [0.2, 0.25) is 0 Å². The number of alkyl carbamates (subject to hydrolysis) is 1. The number of hydrogen-bond acceptors (Lipinski definition) is 4. The Morgan fingerprint density at radius 2 is 1.38 bits per heavy atom. The Morgan fingerprint density at radius 3 is 1.88 bits per heavy atom. The predicted molar refractivity (Wildman–Crippen MR) is 89.8 cm³/mol. The molecule has 0 fully saturated rings. The minimum absolute atomic E-state index is 0.0454. The first-order valence-corrected chi connectivity index (χ1v) is 7.54. The van der Waals surface area contributed by atoms with Crippen molar-refractivity contribution in [3.63, 3.8) is 0 Å². The topological polar surface area (TPSA) is 64.6 Å². The van der Waals surface area contributed by atoms with Crippen LogP contribution in [0.25, 0.3) is 0 Å². The molecule has 0 radical (unpaired) electrons. The molecular weight excluding hydrogens is 306 g/mol. The molecule has 0 aliphatic heterocycles. The zero-order chi connectivity index (χ0) is 17.2. The average molecular weight is 325 g/mol. The molecule has 5 nitrogen and oxygen atoms in total. The third kappa shape index (κ3) is 5.61. The SMILES string of the molecule is C/C=C(/NC(=O)OCc1ccccc1)C(=O)OCc1ccccc1. The fourth-order valence-electron chi connectivity index (χ4n) is 1.91. The van der Waals surface area contributed by atoms with Gasteiger partial charge in [-0.1, -0.05) is 66.7 Å². The van der Waals surface area contributed by atoms with Gasteiger partial charge in [-0.25, -0.2) is 9.59 Å². The molecular formula is C19H19NO4. The molecule has 2 rings (SSSR count). The summed E-state index contributed by atoms with van der Waals surface area (Å²) in [6.07, 6.45) is 0.764. The molecule has 5 heteroatoms.